The molecule has 0 aromatic rings. The van der Waals surface area contributed by atoms with E-state index in [9.17, 15) is 4.79 Å². The highest BCUT2D eigenvalue weighted by Gasteiger charge is 2.24. The lowest BCUT2D eigenvalue weighted by Crippen LogP contribution is -2.39. The van der Waals surface area contributed by atoms with Crippen LogP contribution < -0.4 is 0 Å². The third-order valence-electron chi connectivity index (χ3n) is 3.05. The molecule has 0 aromatic carbocycles. The third-order valence-corrected chi connectivity index (χ3v) is 3.05. The van der Waals surface area contributed by atoms with Crippen LogP contribution in [-0.2, 0) is 4.79 Å². The van der Waals surface area contributed by atoms with Crippen LogP contribution in [0.1, 0.15) is 20.3 Å². The van der Waals surface area contributed by atoms with Crippen molar-refractivity contribution in [1.29, 1.82) is 0 Å². The molecule has 0 saturated carbocycles. The molecule has 0 aliphatic carbocycles. The van der Waals surface area contributed by atoms with Crippen molar-refractivity contribution in [3.63, 3.8) is 0 Å². The minimum atomic E-state index is -0.727. The maximum absolute atomic E-state index is 10.7. The molecule has 0 unspecified atom stereocenters. The molecule has 0 amide bonds. The molecule has 1 saturated heterocycles. The normalized spacial score (nSPS) is 22.9. The lowest BCUT2D eigenvalue weighted by molar-refractivity contribution is -0.138. The number of aliphatic carboxylic acids is 1. The maximum Gasteiger partial charge on any atom is 0.317 e. The monoisotopic (exact) mass is 214 g/mol. The van der Waals surface area contributed by atoms with E-state index in [0.717, 1.165) is 19.6 Å². The Balaban J connectivity index is 2.40. The molecule has 4 heteroatoms. The van der Waals surface area contributed by atoms with E-state index in [0.29, 0.717) is 12.0 Å². The Hall–Kier alpha value is -0.610. The summed E-state index contributed by atoms with van der Waals surface area (Å²) >= 11 is 0. The zero-order valence-corrected chi connectivity index (χ0v) is 9.94. The van der Waals surface area contributed by atoms with Crippen molar-refractivity contribution < 1.29 is 9.90 Å². The Bertz CT molecular complexity index is 219. The molecule has 0 spiro atoms. The van der Waals surface area contributed by atoms with Gasteiger partial charge in [0.25, 0.3) is 0 Å². The molecular formula is C11H22N2O2. The Morgan fingerprint density at radius 3 is 2.67 bits per heavy atom. The summed E-state index contributed by atoms with van der Waals surface area (Å²) in [5.74, 6) is -0.0909. The van der Waals surface area contributed by atoms with Gasteiger partial charge in [0.2, 0.25) is 0 Å². The van der Waals surface area contributed by atoms with Crippen molar-refractivity contribution in [2.75, 3.05) is 33.2 Å². The van der Waals surface area contributed by atoms with E-state index in [1.165, 1.54) is 6.42 Å². The van der Waals surface area contributed by atoms with Crippen LogP contribution in [0, 0.1) is 5.92 Å². The highest BCUT2D eigenvalue weighted by atomic mass is 16.4. The first kappa shape index (κ1) is 12.5. The fourth-order valence-electron chi connectivity index (χ4n) is 2.14. The van der Waals surface area contributed by atoms with Crippen LogP contribution in [0.15, 0.2) is 0 Å². The second-order valence-corrected chi connectivity index (χ2v) is 4.83. The number of carboxylic acid groups (broad SMARTS) is 1. The molecule has 15 heavy (non-hydrogen) atoms. The van der Waals surface area contributed by atoms with E-state index in [1.54, 1.807) is 0 Å². The number of likely N-dealkylation sites (tertiary alicyclic amines) is 1. The number of rotatable bonds is 5. The van der Waals surface area contributed by atoms with Gasteiger partial charge in [0.15, 0.2) is 0 Å². The number of carboxylic acids is 1. The minimum Gasteiger partial charge on any atom is -0.480 e. The molecule has 1 rings (SSSR count). The number of hydrogen-bond acceptors (Lipinski definition) is 3. The molecule has 1 atom stereocenters. The molecule has 1 aliphatic heterocycles. The maximum atomic E-state index is 10.7. The summed E-state index contributed by atoms with van der Waals surface area (Å²) in [4.78, 5) is 15.1. The van der Waals surface area contributed by atoms with Crippen molar-refractivity contribution in [3.8, 4) is 0 Å². The Morgan fingerprint density at radius 2 is 2.27 bits per heavy atom. The Labute approximate surface area is 91.9 Å². The Morgan fingerprint density at radius 1 is 1.60 bits per heavy atom. The van der Waals surface area contributed by atoms with Gasteiger partial charge in [-0.3, -0.25) is 9.69 Å². The van der Waals surface area contributed by atoms with Crippen LogP contribution in [0.25, 0.3) is 0 Å². The molecule has 0 aromatic heterocycles. The summed E-state index contributed by atoms with van der Waals surface area (Å²) < 4.78 is 0. The molecule has 1 N–H and O–H groups in total. The molecule has 0 bridgehead atoms. The summed E-state index contributed by atoms with van der Waals surface area (Å²) in [5.41, 5.74) is 0. The first-order valence-electron chi connectivity index (χ1n) is 5.63. The molecule has 1 heterocycles. The van der Waals surface area contributed by atoms with E-state index in [-0.39, 0.29) is 6.54 Å². The van der Waals surface area contributed by atoms with Crippen molar-refractivity contribution in [1.82, 2.24) is 9.80 Å². The molecule has 88 valence electrons. The number of nitrogens with zero attached hydrogens (tertiary/aromatic N) is 2. The van der Waals surface area contributed by atoms with Gasteiger partial charge in [-0.1, -0.05) is 0 Å². The van der Waals surface area contributed by atoms with Crippen LogP contribution >= 0.6 is 0 Å². The summed E-state index contributed by atoms with van der Waals surface area (Å²) in [6.45, 7) is 7.43. The lowest BCUT2D eigenvalue weighted by Gasteiger charge is -2.27. The lowest BCUT2D eigenvalue weighted by atomic mass is 10.1. The van der Waals surface area contributed by atoms with Gasteiger partial charge >= 0.3 is 5.97 Å². The van der Waals surface area contributed by atoms with Crippen LogP contribution in [0.2, 0.25) is 0 Å². The zero-order valence-electron chi connectivity index (χ0n) is 9.94. The van der Waals surface area contributed by atoms with Gasteiger partial charge in [0.05, 0.1) is 6.54 Å². The van der Waals surface area contributed by atoms with Crippen molar-refractivity contribution in [2.24, 2.45) is 5.92 Å². The second kappa shape index (κ2) is 5.47. The van der Waals surface area contributed by atoms with Crippen molar-refractivity contribution in [3.05, 3.63) is 0 Å². The first-order valence-corrected chi connectivity index (χ1v) is 5.63. The van der Waals surface area contributed by atoms with Gasteiger partial charge in [-0.15, -0.1) is 0 Å². The number of hydrogen-bond donors (Lipinski definition) is 1. The highest BCUT2D eigenvalue weighted by molar-refractivity contribution is 5.69. The van der Waals surface area contributed by atoms with Crippen molar-refractivity contribution >= 4 is 5.97 Å². The first-order chi connectivity index (χ1) is 6.99. The van der Waals surface area contributed by atoms with Gasteiger partial charge in [0, 0.05) is 19.1 Å². The third kappa shape index (κ3) is 4.18. The van der Waals surface area contributed by atoms with E-state index in [2.05, 4.69) is 25.8 Å². The molecular weight excluding hydrogens is 192 g/mol. The van der Waals surface area contributed by atoms with Gasteiger partial charge in [0.1, 0.15) is 0 Å². The van der Waals surface area contributed by atoms with Crippen LogP contribution in [0.5, 0.6) is 0 Å². The summed E-state index contributed by atoms with van der Waals surface area (Å²) in [6, 6.07) is 0.312. The fourth-order valence-corrected chi connectivity index (χ4v) is 2.14. The largest absolute Gasteiger partial charge is 0.480 e. The standard InChI is InChI=1S/C11H22N2O2/c1-9(2)13(8-11(14)15)7-10-4-5-12(3)6-10/h9-10H,4-8H2,1-3H3,(H,14,15)/t10-/m0/s1. The van der Waals surface area contributed by atoms with Gasteiger partial charge in [-0.2, -0.15) is 0 Å². The molecule has 4 nitrogen and oxygen atoms in total. The van der Waals surface area contributed by atoms with Crippen molar-refractivity contribution in [2.45, 2.75) is 26.3 Å². The molecule has 0 radical (unpaired) electrons. The summed E-state index contributed by atoms with van der Waals surface area (Å²) in [5, 5.41) is 8.81. The topological polar surface area (TPSA) is 43.8 Å². The predicted octanol–water partition coefficient (Wildman–Crippen LogP) is 0.733. The van der Waals surface area contributed by atoms with Gasteiger partial charge < -0.3 is 10.0 Å². The second-order valence-electron chi connectivity index (χ2n) is 4.83. The summed E-state index contributed by atoms with van der Waals surface area (Å²) in [7, 11) is 2.12. The van der Waals surface area contributed by atoms with Gasteiger partial charge in [-0.25, -0.2) is 0 Å². The molecule has 1 aliphatic rings. The molecule has 1 fully saturated rings. The smallest absolute Gasteiger partial charge is 0.317 e. The van der Waals surface area contributed by atoms with E-state index >= 15 is 0 Å². The average Bonchev–Trinajstić information content (AvgIpc) is 2.49. The van der Waals surface area contributed by atoms with Gasteiger partial charge in [-0.05, 0) is 39.8 Å². The zero-order chi connectivity index (χ0) is 11.4. The average molecular weight is 214 g/mol. The number of carbonyl (C=O) groups is 1. The van der Waals surface area contributed by atoms with Crippen LogP contribution in [-0.4, -0.2) is 60.1 Å². The Kier molecular flexibility index (Phi) is 4.54. The van der Waals surface area contributed by atoms with Crippen LogP contribution in [0.4, 0.5) is 0 Å². The highest BCUT2D eigenvalue weighted by Crippen LogP contribution is 2.16. The summed E-state index contributed by atoms with van der Waals surface area (Å²) in [6.07, 6.45) is 1.19. The van der Waals surface area contributed by atoms with E-state index < -0.39 is 5.97 Å². The minimum absolute atomic E-state index is 0.165. The quantitative estimate of drug-likeness (QED) is 0.733. The predicted molar refractivity (Wildman–Crippen MR) is 59.9 cm³/mol. The van der Waals surface area contributed by atoms with E-state index in [4.69, 9.17) is 5.11 Å². The SMILES string of the molecule is CC(C)N(CC(=O)O)C[C@H]1CCN(C)C1. The fraction of sp³-hybridized carbons (Fsp3) is 0.909. The van der Waals surface area contributed by atoms with Crippen LogP contribution in [0.3, 0.4) is 0 Å². The van der Waals surface area contributed by atoms with E-state index in [1.807, 2.05) is 4.90 Å².